The van der Waals surface area contributed by atoms with Crippen molar-refractivity contribution in [3.63, 3.8) is 0 Å². The number of aromatic nitrogens is 3. The number of nitrogens with zero attached hydrogens (tertiary/aromatic N) is 3. The Morgan fingerprint density at radius 1 is 1.45 bits per heavy atom. The quantitative estimate of drug-likeness (QED) is 0.923. The van der Waals surface area contributed by atoms with E-state index in [0.29, 0.717) is 11.5 Å². The molecule has 0 aromatic carbocycles. The number of fused-ring (bicyclic) bond motifs is 1. The third-order valence-electron chi connectivity index (χ3n) is 4.06. The van der Waals surface area contributed by atoms with Crippen LogP contribution in [0.25, 0.3) is 0 Å². The maximum Gasteiger partial charge on any atom is 0.273 e. The zero-order chi connectivity index (χ0) is 15.9. The van der Waals surface area contributed by atoms with Gasteiger partial charge in [0.25, 0.3) is 5.91 Å². The monoisotopic (exact) mass is 302 g/mol. The van der Waals surface area contributed by atoms with Gasteiger partial charge in [0.05, 0.1) is 5.69 Å². The third-order valence-corrected chi connectivity index (χ3v) is 4.06. The van der Waals surface area contributed by atoms with Gasteiger partial charge < -0.3 is 14.3 Å². The lowest BCUT2D eigenvalue weighted by Gasteiger charge is -2.24. The molecule has 1 aliphatic heterocycles. The molecule has 1 aliphatic rings. The van der Waals surface area contributed by atoms with Crippen LogP contribution in [-0.4, -0.2) is 26.5 Å². The predicted octanol–water partition coefficient (Wildman–Crippen LogP) is 2.22. The topological polar surface area (TPSA) is 73.0 Å². The highest BCUT2D eigenvalue weighted by atomic mass is 16.3. The van der Waals surface area contributed by atoms with E-state index in [1.54, 1.807) is 6.92 Å². The molecule has 3 heterocycles. The van der Waals surface area contributed by atoms with Gasteiger partial charge >= 0.3 is 0 Å². The molecule has 0 saturated heterocycles. The summed E-state index contributed by atoms with van der Waals surface area (Å²) in [7, 11) is 0. The van der Waals surface area contributed by atoms with Crippen LogP contribution in [0.15, 0.2) is 17.0 Å². The number of hydrogen-bond acceptors (Lipinski definition) is 4. The molecule has 2 aromatic rings. The summed E-state index contributed by atoms with van der Waals surface area (Å²) in [5, 5.41) is 3.04. The first kappa shape index (κ1) is 14.8. The van der Waals surface area contributed by atoms with Crippen molar-refractivity contribution in [3.05, 3.63) is 35.6 Å². The van der Waals surface area contributed by atoms with E-state index in [0.717, 1.165) is 30.9 Å². The number of aryl methyl sites for hydroxylation is 2. The summed E-state index contributed by atoms with van der Waals surface area (Å²) in [5.41, 5.74) is 1.51. The average Bonchev–Trinajstić information content (AvgIpc) is 3.03. The van der Waals surface area contributed by atoms with Gasteiger partial charge in [-0.05, 0) is 13.3 Å². The molecule has 6 nitrogen and oxygen atoms in total. The lowest BCUT2D eigenvalue weighted by molar-refractivity contribution is 0.0921. The summed E-state index contributed by atoms with van der Waals surface area (Å²) in [6, 6.07) is 0.0955. The number of imidazole rings is 1. The fraction of sp³-hybridized carbons (Fsp3) is 0.562. The van der Waals surface area contributed by atoms with Crippen LogP contribution in [0.3, 0.4) is 0 Å². The van der Waals surface area contributed by atoms with Crippen LogP contribution in [0.5, 0.6) is 0 Å². The van der Waals surface area contributed by atoms with Crippen molar-refractivity contribution in [1.29, 1.82) is 0 Å². The second kappa shape index (κ2) is 5.26. The van der Waals surface area contributed by atoms with Gasteiger partial charge in [-0.1, -0.05) is 20.8 Å². The normalized spacial score (nSPS) is 18.1. The molecule has 1 N–H and O–H groups in total. The van der Waals surface area contributed by atoms with E-state index in [4.69, 9.17) is 9.40 Å². The average molecular weight is 302 g/mol. The SMILES string of the molecule is Cc1ocnc1C(=O)N[C@H]1CCc2nc(C(C)(C)C)cn2C1. The van der Waals surface area contributed by atoms with Crippen LogP contribution in [0, 0.1) is 6.92 Å². The summed E-state index contributed by atoms with van der Waals surface area (Å²) < 4.78 is 7.24. The number of amides is 1. The second-order valence-corrected chi connectivity index (χ2v) is 6.91. The van der Waals surface area contributed by atoms with E-state index in [9.17, 15) is 4.79 Å². The van der Waals surface area contributed by atoms with E-state index in [1.165, 1.54) is 6.39 Å². The number of hydrogen-bond donors (Lipinski definition) is 1. The summed E-state index contributed by atoms with van der Waals surface area (Å²) in [4.78, 5) is 20.9. The van der Waals surface area contributed by atoms with Crippen LogP contribution in [0.2, 0.25) is 0 Å². The Morgan fingerprint density at radius 2 is 2.23 bits per heavy atom. The zero-order valence-electron chi connectivity index (χ0n) is 13.5. The minimum Gasteiger partial charge on any atom is -0.448 e. The van der Waals surface area contributed by atoms with Gasteiger partial charge in [0.15, 0.2) is 12.1 Å². The van der Waals surface area contributed by atoms with Crippen molar-refractivity contribution >= 4 is 5.91 Å². The lowest BCUT2D eigenvalue weighted by atomic mass is 9.93. The molecule has 0 unspecified atom stereocenters. The van der Waals surface area contributed by atoms with Crippen LogP contribution >= 0.6 is 0 Å². The molecule has 0 saturated carbocycles. The highest BCUT2D eigenvalue weighted by Gasteiger charge is 2.26. The minimum absolute atomic E-state index is 0.0426. The molecule has 1 atom stereocenters. The molecule has 6 heteroatoms. The number of rotatable bonds is 2. The smallest absolute Gasteiger partial charge is 0.273 e. The van der Waals surface area contributed by atoms with Gasteiger partial charge in [-0.15, -0.1) is 0 Å². The fourth-order valence-electron chi connectivity index (χ4n) is 2.70. The molecule has 118 valence electrons. The summed E-state index contributed by atoms with van der Waals surface area (Å²) in [6.07, 6.45) is 5.17. The molecule has 22 heavy (non-hydrogen) atoms. The Balaban J connectivity index is 1.71. The van der Waals surface area contributed by atoms with E-state index < -0.39 is 0 Å². The van der Waals surface area contributed by atoms with E-state index >= 15 is 0 Å². The standard InChI is InChI=1S/C16H22N4O2/c1-10-14(17-9-22-10)15(21)18-11-5-6-13-19-12(16(2,3)4)8-20(13)7-11/h8-9,11H,5-7H2,1-4H3,(H,18,21)/t11-/m0/s1. The highest BCUT2D eigenvalue weighted by molar-refractivity contribution is 5.93. The molecule has 0 bridgehead atoms. The first-order valence-electron chi connectivity index (χ1n) is 7.62. The summed E-state index contributed by atoms with van der Waals surface area (Å²) in [5.74, 6) is 1.48. The molecule has 0 aliphatic carbocycles. The molecule has 0 spiro atoms. The lowest BCUT2D eigenvalue weighted by Crippen LogP contribution is -2.41. The minimum atomic E-state index is -0.170. The van der Waals surface area contributed by atoms with Crippen molar-refractivity contribution in [1.82, 2.24) is 19.9 Å². The number of nitrogens with one attached hydrogen (secondary N) is 1. The first-order chi connectivity index (χ1) is 10.3. The van der Waals surface area contributed by atoms with Gasteiger partial charge in [-0.2, -0.15) is 0 Å². The van der Waals surface area contributed by atoms with E-state index in [2.05, 4.69) is 41.8 Å². The van der Waals surface area contributed by atoms with E-state index in [-0.39, 0.29) is 17.4 Å². The number of oxazole rings is 1. The Labute approximate surface area is 129 Å². The predicted molar refractivity (Wildman–Crippen MR) is 81.7 cm³/mol. The molecule has 2 aromatic heterocycles. The molecule has 0 fully saturated rings. The fourth-order valence-corrected chi connectivity index (χ4v) is 2.70. The Kier molecular flexibility index (Phi) is 3.54. The third kappa shape index (κ3) is 2.77. The summed E-state index contributed by atoms with van der Waals surface area (Å²) in [6.45, 7) is 8.98. The molecule has 1 amide bonds. The van der Waals surface area contributed by atoms with E-state index in [1.807, 2.05) is 0 Å². The number of carbonyl (C=O) groups excluding carboxylic acids is 1. The Bertz CT molecular complexity index is 693. The van der Waals surface area contributed by atoms with Crippen LogP contribution in [0.4, 0.5) is 0 Å². The second-order valence-electron chi connectivity index (χ2n) is 6.91. The van der Waals surface area contributed by atoms with Gasteiger partial charge in [-0.25, -0.2) is 9.97 Å². The number of carbonyl (C=O) groups is 1. The van der Waals surface area contributed by atoms with Crippen molar-refractivity contribution in [2.45, 2.75) is 58.5 Å². The summed E-state index contributed by atoms with van der Waals surface area (Å²) >= 11 is 0. The maximum absolute atomic E-state index is 12.2. The Morgan fingerprint density at radius 3 is 2.86 bits per heavy atom. The maximum atomic E-state index is 12.2. The zero-order valence-corrected chi connectivity index (χ0v) is 13.5. The van der Waals surface area contributed by atoms with Gasteiger partial charge in [0, 0.05) is 30.6 Å². The van der Waals surface area contributed by atoms with Crippen molar-refractivity contribution in [2.24, 2.45) is 0 Å². The van der Waals surface area contributed by atoms with Crippen molar-refractivity contribution < 1.29 is 9.21 Å². The molecular weight excluding hydrogens is 280 g/mol. The van der Waals surface area contributed by atoms with Crippen LogP contribution < -0.4 is 5.32 Å². The highest BCUT2D eigenvalue weighted by Crippen LogP contribution is 2.24. The van der Waals surface area contributed by atoms with Crippen LogP contribution in [0.1, 0.15) is 55.0 Å². The molecular formula is C16H22N4O2. The van der Waals surface area contributed by atoms with Gasteiger partial charge in [0.2, 0.25) is 0 Å². The first-order valence-corrected chi connectivity index (χ1v) is 7.62. The molecule has 0 radical (unpaired) electrons. The molecule has 3 rings (SSSR count). The van der Waals surface area contributed by atoms with Gasteiger partial charge in [0.1, 0.15) is 11.6 Å². The largest absolute Gasteiger partial charge is 0.448 e. The van der Waals surface area contributed by atoms with Crippen LogP contribution in [-0.2, 0) is 18.4 Å². The van der Waals surface area contributed by atoms with Crippen molar-refractivity contribution in [2.75, 3.05) is 0 Å². The van der Waals surface area contributed by atoms with Gasteiger partial charge in [-0.3, -0.25) is 4.79 Å². The van der Waals surface area contributed by atoms with Crippen molar-refractivity contribution in [3.8, 4) is 0 Å². The Hall–Kier alpha value is -2.11.